The van der Waals surface area contributed by atoms with E-state index < -0.39 is 0 Å². The lowest BCUT2D eigenvalue weighted by molar-refractivity contribution is -0.120. The van der Waals surface area contributed by atoms with Gasteiger partial charge in [-0.3, -0.25) is 10.2 Å². The molecule has 0 unspecified atom stereocenters. The van der Waals surface area contributed by atoms with Gasteiger partial charge < -0.3 is 0 Å². The van der Waals surface area contributed by atoms with Crippen LogP contribution >= 0.6 is 11.8 Å². The van der Waals surface area contributed by atoms with Crippen molar-refractivity contribution in [1.82, 2.24) is 5.43 Å². The lowest BCUT2D eigenvalue weighted by Gasteiger charge is -2.08. The third-order valence-corrected chi connectivity index (χ3v) is 3.86. The number of hydrogen-bond donors (Lipinski definition) is 2. The molecule has 0 aliphatic heterocycles. The number of hydrogen-bond acceptors (Lipinski definition) is 3. The van der Waals surface area contributed by atoms with E-state index in [1.165, 1.54) is 23.9 Å². The minimum absolute atomic E-state index is 0.229. The van der Waals surface area contributed by atoms with E-state index in [1.807, 2.05) is 30.3 Å². The molecule has 104 valence electrons. The number of amides is 1. The number of halogens is 1. The lowest BCUT2D eigenvalue weighted by atomic mass is 10.1. The van der Waals surface area contributed by atoms with E-state index in [1.54, 1.807) is 6.07 Å². The van der Waals surface area contributed by atoms with Crippen LogP contribution in [0.3, 0.4) is 0 Å². The molecule has 1 amide bonds. The van der Waals surface area contributed by atoms with Gasteiger partial charge in [-0.1, -0.05) is 30.3 Å². The van der Waals surface area contributed by atoms with Crippen LogP contribution in [0.1, 0.15) is 11.1 Å². The lowest BCUT2D eigenvalue weighted by Crippen LogP contribution is -2.31. The first kappa shape index (κ1) is 14.6. The van der Waals surface area contributed by atoms with Gasteiger partial charge in [0.15, 0.2) is 0 Å². The Morgan fingerprint density at radius 2 is 1.90 bits per heavy atom. The van der Waals surface area contributed by atoms with Crippen LogP contribution in [0, 0.1) is 5.82 Å². The first-order chi connectivity index (χ1) is 9.69. The highest BCUT2D eigenvalue weighted by atomic mass is 32.2. The average molecular weight is 290 g/mol. The highest BCUT2D eigenvalue weighted by Crippen LogP contribution is 2.25. The van der Waals surface area contributed by atoms with E-state index in [9.17, 15) is 9.18 Å². The second-order valence-electron chi connectivity index (χ2n) is 4.26. The van der Waals surface area contributed by atoms with Crippen LogP contribution in [0.4, 0.5) is 4.39 Å². The van der Waals surface area contributed by atoms with Gasteiger partial charge in [-0.25, -0.2) is 10.2 Å². The molecule has 2 aromatic carbocycles. The molecular formula is C15H15FN2OS. The Morgan fingerprint density at radius 3 is 2.60 bits per heavy atom. The summed E-state index contributed by atoms with van der Waals surface area (Å²) in [6.45, 7) is 0. The second-order valence-corrected chi connectivity index (χ2v) is 5.31. The summed E-state index contributed by atoms with van der Waals surface area (Å²) in [4.78, 5) is 12.2. The molecule has 3 N–H and O–H groups in total. The van der Waals surface area contributed by atoms with E-state index in [0.717, 1.165) is 16.0 Å². The fourth-order valence-corrected chi connectivity index (χ4v) is 2.79. The van der Waals surface area contributed by atoms with Gasteiger partial charge in [0.05, 0.1) is 6.42 Å². The van der Waals surface area contributed by atoms with Crippen LogP contribution in [0.25, 0.3) is 0 Å². The molecule has 0 saturated heterocycles. The molecular weight excluding hydrogens is 275 g/mol. The topological polar surface area (TPSA) is 55.1 Å². The number of hydrazine groups is 1. The van der Waals surface area contributed by atoms with Crippen molar-refractivity contribution >= 4 is 17.7 Å². The smallest absolute Gasteiger partial charge is 0.238 e. The van der Waals surface area contributed by atoms with Crippen LogP contribution in [-0.4, -0.2) is 5.91 Å². The minimum Gasteiger partial charge on any atom is -0.294 e. The van der Waals surface area contributed by atoms with E-state index in [0.29, 0.717) is 5.75 Å². The molecule has 0 atom stereocenters. The van der Waals surface area contributed by atoms with Gasteiger partial charge in [0.1, 0.15) is 5.82 Å². The van der Waals surface area contributed by atoms with Gasteiger partial charge >= 0.3 is 0 Å². The summed E-state index contributed by atoms with van der Waals surface area (Å²) in [6, 6.07) is 14.1. The average Bonchev–Trinajstić information content (AvgIpc) is 2.46. The highest BCUT2D eigenvalue weighted by molar-refractivity contribution is 7.98. The van der Waals surface area contributed by atoms with Gasteiger partial charge in [0.25, 0.3) is 0 Å². The Kier molecular flexibility index (Phi) is 5.15. The molecule has 0 fully saturated rings. The Morgan fingerprint density at radius 1 is 1.15 bits per heavy atom. The molecule has 3 nitrogen and oxygen atoms in total. The van der Waals surface area contributed by atoms with Gasteiger partial charge in [0.2, 0.25) is 5.91 Å². The number of nitrogens with one attached hydrogen (secondary N) is 1. The van der Waals surface area contributed by atoms with Gasteiger partial charge in [-0.15, -0.1) is 11.8 Å². The number of carbonyl (C=O) groups excluding carboxylic acids is 1. The number of thioether (sulfide) groups is 1. The predicted molar refractivity (Wildman–Crippen MR) is 78.4 cm³/mol. The molecule has 2 rings (SSSR count). The number of nitrogens with two attached hydrogens (primary N) is 1. The van der Waals surface area contributed by atoms with E-state index in [4.69, 9.17) is 5.84 Å². The maximum Gasteiger partial charge on any atom is 0.238 e. The molecule has 0 bridgehead atoms. The SMILES string of the molecule is NNC(=O)Cc1ccccc1CSc1cccc(F)c1. The molecule has 0 spiro atoms. The van der Waals surface area contributed by atoms with Crippen LogP contribution < -0.4 is 11.3 Å². The Bertz CT molecular complexity index is 604. The number of carbonyl (C=O) groups is 1. The van der Waals surface area contributed by atoms with Crippen LogP contribution in [0.2, 0.25) is 0 Å². The molecule has 0 saturated carbocycles. The van der Waals surface area contributed by atoms with E-state index in [-0.39, 0.29) is 18.1 Å². The summed E-state index contributed by atoms with van der Waals surface area (Å²) in [5, 5.41) is 0. The highest BCUT2D eigenvalue weighted by Gasteiger charge is 2.07. The Hall–Kier alpha value is -1.85. The maximum atomic E-state index is 13.1. The second kappa shape index (κ2) is 7.07. The first-order valence-electron chi connectivity index (χ1n) is 6.13. The van der Waals surface area contributed by atoms with Crippen LogP contribution in [0.15, 0.2) is 53.4 Å². The van der Waals surface area contributed by atoms with Crippen LogP contribution in [0.5, 0.6) is 0 Å². The molecule has 0 heterocycles. The third-order valence-electron chi connectivity index (χ3n) is 2.82. The summed E-state index contributed by atoms with van der Waals surface area (Å²) in [5.74, 6) is 5.31. The molecule has 5 heteroatoms. The molecule has 0 aromatic heterocycles. The summed E-state index contributed by atoms with van der Waals surface area (Å²) >= 11 is 1.53. The maximum absolute atomic E-state index is 13.1. The summed E-state index contributed by atoms with van der Waals surface area (Å²) in [7, 11) is 0. The fourth-order valence-electron chi connectivity index (χ4n) is 1.81. The zero-order valence-corrected chi connectivity index (χ0v) is 11.6. The summed E-state index contributed by atoms with van der Waals surface area (Å²) in [5.41, 5.74) is 4.10. The summed E-state index contributed by atoms with van der Waals surface area (Å²) < 4.78 is 13.1. The minimum atomic E-state index is -0.245. The van der Waals surface area contributed by atoms with Crippen molar-refractivity contribution in [1.29, 1.82) is 0 Å². The van der Waals surface area contributed by atoms with E-state index >= 15 is 0 Å². The van der Waals surface area contributed by atoms with Gasteiger partial charge in [-0.2, -0.15) is 0 Å². The molecule has 0 aliphatic carbocycles. The van der Waals surface area contributed by atoms with Crippen molar-refractivity contribution in [3.05, 3.63) is 65.5 Å². The van der Waals surface area contributed by atoms with Gasteiger partial charge in [-0.05, 0) is 29.3 Å². The van der Waals surface area contributed by atoms with Crippen molar-refractivity contribution in [2.45, 2.75) is 17.1 Å². The first-order valence-corrected chi connectivity index (χ1v) is 7.12. The molecule has 0 aliphatic rings. The third kappa shape index (κ3) is 4.08. The molecule has 2 aromatic rings. The predicted octanol–water partition coefficient (Wildman–Crippen LogP) is 2.65. The van der Waals surface area contributed by atoms with Crippen molar-refractivity contribution < 1.29 is 9.18 Å². The molecule has 0 radical (unpaired) electrons. The quantitative estimate of drug-likeness (QED) is 0.385. The van der Waals surface area contributed by atoms with E-state index in [2.05, 4.69) is 5.43 Å². The normalized spacial score (nSPS) is 10.3. The fraction of sp³-hybridized carbons (Fsp3) is 0.133. The van der Waals surface area contributed by atoms with Crippen LogP contribution in [-0.2, 0) is 17.0 Å². The van der Waals surface area contributed by atoms with Crippen molar-refractivity contribution in [3.63, 3.8) is 0 Å². The Balaban J connectivity index is 2.07. The summed E-state index contributed by atoms with van der Waals surface area (Å²) in [6.07, 6.45) is 0.246. The van der Waals surface area contributed by atoms with Crippen molar-refractivity contribution in [3.8, 4) is 0 Å². The van der Waals surface area contributed by atoms with Crippen molar-refractivity contribution in [2.75, 3.05) is 0 Å². The molecule has 20 heavy (non-hydrogen) atoms. The zero-order valence-electron chi connectivity index (χ0n) is 10.8. The monoisotopic (exact) mass is 290 g/mol. The largest absolute Gasteiger partial charge is 0.294 e. The standard InChI is InChI=1S/C15H15FN2OS/c16-13-6-3-7-14(9-13)20-10-12-5-2-1-4-11(12)8-15(19)18-17/h1-7,9H,8,10,17H2,(H,18,19). The van der Waals surface area contributed by atoms with Gasteiger partial charge in [0, 0.05) is 10.6 Å². The number of rotatable bonds is 5. The zero-order chi connectivity index (χ0) is 14.4. The Labute approximate surface area is 121 Å². The number of benzene rings is 2. The van der Waals surface area contributed by atoms with Crippen molar-refractivity contribution in [2.24, 2.45) is 5.84 Å².